The van der Waals surface area contributed by atoms with Crippen molar-refractivity contribution in [3.63, 3.8) is 0 Å². The fourth-order valence-electron chi connectivity index (χ4n) is 1.32. The van der Waals surface area contributed by atoms with Crippen molar-refractivity contribution < 1.29 is 19.5 Å². The molecule has 1 rings (SSSR count). The molecule has 100 valence electrons. The third-order valence-electron chi connectivity index (χ3n) is 2.18. The number of rotatable bonds is 5. The summed E-state index contributed by atoms with van der Waals surface area (Å²) in [6.45, 7) is -0.332. The van der Waals surface area contributed by atoms with E-state index in [9.17, 15) is 9.59 Å². The van der Waals surface area contributed by atoms with Gasteiger partial charge in [-0.3, -0.25) is 4.84 Å². The number of carbonyl (C=O) groups is 2. The molecule has 0 aliphatic rings. The number of carbonyl (C=O) groups excluding carboxylic acids is 1. The van der Waals surface area contributed by atoms with Gasteiger partial charge in [0.25, 0.3) is 0 Å². The summed E-state index contributed by atoms with van der Waals surface area (Å²) in [5.74, 6) is -1.18. The van der Waals surface area contributed by atoms with Crippen LogP contribution in [-0.4, -0.2) is 35.7 Å². The minimum Gasteiger partial charge on any atom is -0.479 e. The molecule has 0 saturated carbocycles. The van der Waals surface area contributed by atoms with Crippen LogP contribution in [-0.2, 0) is 16.2 Å². The molecule has 2 N–H and O–H groups in total. The lowest BCUT2D eigenvalue weighted by atomic mass is 10.1. The highest BCUT2D eigenvalue weighted by Gasteiger charge is 2.10. The smallest absolute Gasteiger partial charge is 0.341 e. The second-order valence-corrected chi connectivity index (χ2v) is 3.76. The van der Waals surface area contributed by atoms with Gasteiger partial charge in [0, 0.05) is 13.6 Å². The zero-order chi connectivity index (χ0) is 14.3. The Kier molecular flexibility index (Phi) is 5.32. The van der Waals surface area contributed by atoms with Crippen molar-refractivity contribution in [1.82, 2.24) is 10.4 Å². The first-order chi connectivity index (χ1) is 9.02. The monoisotopic (exact) mass is 263 g/mol. The van der Waals surface area contributed by atoms with Crippen molar-refractivity contribution in [2.45, 2.75) is 6.54 Å². The Hall–Kier alpha value is -2.59. The van der Waals surface area contributed by atoms with Crippen LogP contribution in [0.15, 0.2) is 24.3 Å². The number of amides is 2. The Morgan fingerprint density at radius 1 is 1.53 bits per heavy atom. The van der Waals surface area contributed by atoms with Gasteiger partial charge in [-0.2, -0.15) is 5.26 Å². The topological polar surface area (TPSA) is 103 Å². The number of hydroxylamine groups is 1. The van der Waals surface area contributed by atoms with Gasteiger partial charge in [0.15, 0.2) is 6.61 Å². The number of hydrogen-bond donors (Lipinski definition) is 2. The number of aliphatic carboxylic acids is 1. The summed E-state index contributed by atoms with van der Waals surface area (Å²) in [6.07, 6.45) is 0. The zero-order valence-corrected chi connectivity index (χ0v) is 10.3. The molecular weight excluding hydrogens is 250 g/mol. The number of nitriles is 1. The van der Waals surface area contributed by atoms with Gasteiger partial charge in [-0.15, -0.1) is 0 Å². The highest BCUT2D eigenvalue weighted by molar-refractivity contribution is 5.73. The molecule has 0 aliphatic heterocycles. The fourth-order valence-corrected chi connectivity index (χ4v) is 1.32. The summed E-state index contributed by atoms with van der Waals surface area (Å²) in [4.78, 5) is 27.5. The predicted octanol–water partition coefficient (Wildman–Crippen LogP) is 0.716. The predicted molar refractivity (Wildman–Crippen MR) is 64.7 cm³/mol. The lowest BCUT2D eigenvalue weighted by Gasteiger charge is -2.17. The van der Waals surface area contributed by atoms with Crippen molar-refractivity contribution >= 4 is 12.0 Å². The van der Waals surface area contributed by atoms with Crippen molar-refractivity contribution in [2.75, 3.05) is 13.7 Å². The van der Waals surface area contributed by atoms with Crippen LogP contribution in [0.25, 0.3) is 0 Å². The quantitative estimate of drug-likeness (QED) is 0.762. The molecule has 0 bridgehead atoms. The molecule has 1 aromatic carbocycles. The van der Waals surface area contributed by atoms with Gasteiger partial charge < -0.3 is 10.0 Å². The Morgan fingerprint density at radius 3 is 2.89 bits per heavy atom. The molecule has 1 aromatic rings. The summed E-state index contributed by atoms with van der Waals surface area (Å²) < 4.78 is 0. The maximum Gasteiger partial charge on any atom is 0.341 e. The molecule has 0 spiro atoms. The summed E-state index contributed by atoms with van der Waals surface area (Å²) in [5, 5.41) is 17.1. The molecule has 0 heterocycles. The summed E-state index contributed by atoms with van der Waals surface area (Å²) in [7, 11) is 1.53. The van der Waals surface area contributed by atoms with Gasteiger partial charge in [-0.05, 0) is 17.7 Å². The first kappa shape index (κ1) is 14.5. The Morgan fingerprint density at radius 2 is 2.26 bits per heavy atom. The second kappa shape index (κ2) is 6.98. The molecule has 7 heteroatoms. The highest BCUT2D eigenvalue weighted by Crippen LogP contribution is 2.06. The maximum absolute atomic E-state index is 11.5. The maximum atomic E-state index is 11.5. The lowest BCUT2D eigenvalue weighted by molar-refractivity contribution is -0.144. The minimum atomic E-state index is -1.18. The van der Waals surface area contributed by atoms with E-state index in [1.165, 1.54) is 11.9 Å². The van der Waals surface area contributed by atoms with Crippen molar-refractivity contribution in [1.29, 1.82) is 5.26 Å². The van der Waals surface area contributed by atoms with E-state index in [2.05, 4.69) is 4.84 Å². The highest BCUT2D eigenvalue weighted by atomic mass is 16.7. The molecule has 0 atom stereocenters. The van der Waals surface area contributed by atoms with Crippen LogP contribution in [0.2, 0.25) is 0 Å². The molecule has 0 fully saturated rings. The molecule has 2 amide bonds. The zero-order valence-electron chi connectivity index (χ0n) is 10.3. The van der Waals surface area contributed by atoms with E-state index >= 15 is 0 Å². The number of carboxylic acids is 1. The van der Waals surface area contributed by atoms with Crippen LogP contribution in [0, 0.1) is 11.3 Å². The average Bonchev–Trinajstić information content (AvgIpc) is 2.38. The van der Waals surface area contributed by atoms with Crippen molar-refractivity contribution in [3.8, 4) is 6.07 Å². The van der Waals surface area contributed by atoms with E-state index in [0.717, 1.165) is 5.56 Å². The fraction of sp³-hybridized carbons (Fsp3) is 0.250. The average molecular weight is 263 g/mol. The molecule has 0 aliphatic carbocycles. The number of nitrogens with one attached hydrogen (secondary N) is 1. The summed E-state index contributed by atoms with van der Waals surface area (Å²) in [6, 6.07) is 8.28. The van der Waals surface area contributed by atoms with E-state index in [1.54, 1.807) is 24.3 Å². The largest absolute Gasteiger partial charge is 0.479 e. The number of urea groups is 1. The van der Waals surface area contributed by atoms with Crippen molar-refractivity contribution in [3.05, 3.63) is 35.4 Å². The lowest BCUT2D eigenvalue weighted by Crippen LogP contribution is -2.37. The SMILES string of the molecule is CN(Cc1cccc(C#N)c1)C(=O)NOCC(=O)O. The van der Waals surface area contributed by atoms with Crippen LogP contribution in [0.4, 0.5) is 4.79 Å². The Labute approximate surface area is 110 Å². The number of benzene rings is 1. The van der Waals surface area contributed by atoms with Gasteiger partial charge in [0.2, 0.25) is 0 Å². The van der Waals surface area contributed by atoms with E-state index in [1.807, 2.05) is 11.5 Å². The third-order valence-corrected chi connectivity index (χ3v) is 2.18. The van der Waals surface area contributed by atoms with Gasteiger partial charge in [0.05, 0.1) is 11.6 Å². The standard InChI is InChI=1S/C12H13N3O4/c1-15(12(18)14-19-8-11(16)17)7-10-4-2-3-9(5-10)6-13/h2-5H,7-8H2,1H3,(H,14,18)(H,16,17). The van der Waals surface area contributed by atoms with E-state index < -0.39 is 18.6 Å². The number of hydrogen-bond acceptors (Lipinski definition) is 4. The van der Waals surface area contributed by atoms with Crippen LogP contribution in [0.5, 0.6) is 0 Å². The third kappa shape index (κ3) is 5.06. The molecule has 0 radical (unpaired) electrons. The van der Waals surface area contributed by atoms with Gasteiger partial charge in [-0.25, -0.2) is 15.1 Å². The molecule has 0 aromatic heterocycles. The second-order valence-electron chi connectivity index (χ2n) is 3.76. The molecule has 19 heavy (non-hydrogen) atoms. The molecule has 0 saturated heterocycles. The normalized spacial score (nSPS) is 9.47. The van der Waals surface area contributed by atoms with Gasteiger partial charge >= 0.3 is 12.0 Å². The summed E-state index contributed by atoms with van der Waals surface area (Å²) >= 11 is 0. The van der Waals surface area contributed by atoms with Crippen LogP contribution in [0.1, 0.15) is 11.1 Å². The number of carboxylic acid groups (broad SMARTS) is 1. The van der Waals surface area contributed by atoms with Crippen LogP contribution in [0.3, 0.4) is 0 Å². The first-order valence-corrected chi connectivity index (χ1v) is 5.36. The van der Waals surface area contributed by atoms with Gasteiger partial charge in [0.1, 0.15) is 0 Å². The molecule has 7 nitrogen and oxygen atoms in total. The van der Waals surface area contributed by atoms with E-state index in [0.29, 0.717) is 5.56 Å². The summed E-state index contributed by atoms with van der Waals surface area (Å²) in [5.41, 5.74) is 3.30. The van der Waals surface area contributed by atoms with Gasteiger partial charge in [-0.1, -0.05) is 12.1 Å². The first-order valence-electron chi connectivity index (χ1n) is 5.36. The molecular formula is C12H13N3O4. The Bertz CT molecular complexity index is 510. The van der Waals surface area contributed by atoms with E-state index in [-0.39, 0.29) is 6.54 Å². The Balaban J connectivity index is 2.49. The number of nitrogens with zero attached hydrogens (tertiary/aromatic N) is 2. The van der Waals surface area contributed by atoms with Crippen LogP contribution >= 0.6 is 0 Å². The van der Waals surface area contributed by atoms with E-state index in [4.69, 9.17) is 10.4 Å². The minimum absolute atomic E-state index is 0.276. The van der Waals surface area contributed by atoms with Crippen molar-refractivity contribution in [2.24, 2.45) is 0 Å². The molecule has 0 unspecified atom stereocenters. The van der Waals surface area contributed by atoms with Crippen LogP contribution < -0.4 is 5.48 Å².